The number of ether oxygens (including phenoxy) is 1. The summed E-state index contributed by atoms with van der Waals surface area (Å²) < 4.78 is 34.1. The minimum atomic E-state index is -3.92. The minimum absolute atomic E-state index is 0.369. The van der Waals surface area contributed by atoms with Crippen LogP contribution in [0.3, 0.4) is 0 Å². The van der Waals surface area contributed by atoms with Gasteiger partial charge in [-0.1, -0.05) is 0 Å². The van der Waals surface area contributed by atoms with Gasteiger partial charge < -0.3 is 14.2 Å². The van der Waals surface area contributed by atoms with Gasteiger partial charge in [-0.05, 0) is 6.07 Å². The molecule has 102 valence electrons. The molecule has 0 spiro atoms. The number of hydrogen-bond donors (Lipinski definition) is 0. The van der Waals surface area contributed by atoms with Crippen molar-refractivity contribution in [1.29, 1.82) is 0 Å². The number of aromatic nitrogens is 1. The molecule has 18 heavy (non-hydrogen) atoms. The van der Waals surface area contributed by atoms with E-state index in [1.807, 2.05) is 23.9 Å². The average Bonchev–Trinajstić information content (AvgIpc) is 2.14. The molecule has 1 aromatic heterocycles. The molecule has 7 nitrogen and oxygen atoms in total. The lowest BCUT2D eigenvalue weighted by Crippen LogP contribution is -2.29. The molecular weight excluding hydrogens is 260 g/mol. The molecule has 0 N–H and O–H groups in total. The maximum atomic E-state index is 11.1. The summed E-state index contributed by atoms with van der Waals surface area (Å²) in [5, 5.41) is 0. The molecule has 0 aliphatic rings. The second-order valence-corrected chi connectivity index (χ2v) is 5.08. The molecule has 1 heterocycles. The molecule has 0 saturated heterocycles. The molecule has 0 bridgehead atoms. The second-order valence-electron chi connectivity index (χ2n) is 3.67. The molecule has 0 aliphatic carbocycles. The molecule has 0 radical (unpaired) electrons. The number of rotatable bonds is 1. The number of aryl methyl sites for hydroxylation is 1. The van der Waals surface area contributed by atoms with Gasteiger partial charge in [0.25, 0.3) is 0 Å². The molecule has 1 rings (SSSR count). The van der Waals surface area contributed by atoms with Gasteiger partial charge in [-0.3, -0.25) is 0 Å². The van der Waals surface area contributed by atoms with Crippen LogP contribution in [0.4, 0.5) is 4.79 Å². The van der Waals surface area contributed by atoms with Gasteiger partial charge in [0, 0.05) is 26.4 Å². The van der Waals surface area contributed by atoms with Crippen molar-refractivity contribution in [2.75, 3.05) is 20.4 Å². The Hall–Kier alpha value is -1.67. The summed E-state index contributed by atoms with van der Waals surface area (Å²) in [6.45, 7) is 0. The highest BCUT2D eigenvalue weighted by molar-refractivity contribution is 7.84. The van der Waals surface area contributed by atoms with Crippen LogP contribution in [-0.2, 0) is 17.2 Å². The first-order chi connectivity index (χ1) is 8.09. The number of carbonyl (C=O) groups excluding carboxylic acids is 1. The van der Waals surface area contributed by atoms with Crippen LogP contribution >= 0.6 is 0 Å². The lowest BCUT2D eigenvalue weighted by atomic mass is 10.4. The molecule has 0 fully saturated rings. The van der Waals surface area contributed by atoms with E-state index in [1.165, 1.54) is 4.90 Å². The summed E-state index contributed by atoms with van der Waals surface area (Å²) in [5.41, 5.74) is 0. The Balaban J connectivity index is 0.000000494. The summed E-state index contributed by atoms with van der Waals surface area (Å²) in [7, 11) is 1.24. The maximum Gasteiger partial charge on any atom is 0.414 e. The van der Waals surface area contributed by atoms with Crippen molar-refractivity contribution >= 4 is 16.2 Å². The van der Waals surface area contributed by atoms with Gasteiger partial charge >= 0.3 is 6.09 Å². The van der Waals surface area contributed by atoms with E-state index >= 15 is 0 Å². The van der Waals surface area contributed by atoms with E-state index in [0.717, 1.165) is 0 Å². The van der Waals surface area contributed by atoms with Gasteiger partial charge in [0.05, 0.1) is 10.1 Å². The lowest BCUT2D eigenvalue weighted by Gasteiger charge is -2.09. The summed E-state index contributed by atoms with van der Waals surface area (Å²) in [6, 6.07) is 3.56. The fourth-order valence-electron chi connectivity index (χ4n) is 0.813. The summed E-state index contributed by atoms with van der Waals surface area (Å²) in [4.78, 5) is 12.5. The van der Waals surface area contributed by atoms with Crippen LogP contribution in [0, 0.1) is 0 Å². The Bertz CT molecular complexity index is 491. The predicted octanol–water partition coefficient (Wildman–Crippen LogP) is -0.267. The topological polar surface area (TPSA) is 90.6 Å². The Morgan fingerprint density at radius 1 is 1.44 bits per heavy atom. The van der Waals surface area contributed by atoms with Crippen molar-refractivity contribution in [1.82, 2.24) is 4.90 Å². The zero-order valence-corrected chi connectivity index (χ0v) is 11.5. The van der Waals surface area contributed by atoms with Crippen LogP contribution in [0.5, 0.6) is 5.75 Å². The van der Waals surface area contributed by atoms with Crippen molar-refractivity contribution in [3.05, 3.63) is 24.5 Å². The van der Waals surface area contributed by atoms with Crippen LogP contribution in [0.1, 0.15) is 0 Å². The van der Waals surface area contributed by atoms with Gasteiger partial charge in [0.2, 0.25) is 6.20 Å². The van der Waals surface area contributed by atoms with Gasteiger partial charge in [-0.15, -0.1) is 0 Å². The van der Waals surface area contributed by atoms with E-state index in [-0.39, 0.29) is 6.09 Å². The molecule has 0 unspecified atom stereocenters. The van der Waals surface area contributed by atoms with E-state index < -0.39 is 10.1 Å². The third-order valence-electron chi connectivity index (χ3n) is 1.48. The third-order valence-corrected chi connectivity index (χ3v) is 1.48. The standard InChI is InChI=1S/C9H13N2O2.CH4O3S/c1-10(2)9(12)13-8-5-4-6-11(3)7-8;1-5(2,3)4/h4-7H,1-3H3;1H3,(H,2,3,4)/q+1;/p-1. The maximum absolute atomic E-state index is 11.1. The number of pyridine rings is 1. The fourth-order valence-corrected chi connectivity index (χ4v) is 0.813. The molecule has 0 aromatic carbocycles. The van der Waals surface area contributed by atoms with Gasteiger partial charge in [0.1, 0.15) is 7.05 Å². The highest BCUT2D eigenvalue weighted by Crippen LogP contribution is 2.05. The van der Waals surface area contributed by atoms with Crippen LogP contribution in [0.15, 0.2) is 24.5 Å². The minimum Gasteiger partial charge on any atom is -0.748 e. The van der Waals surface area contributed by atoms with Gasteiger partial charge in [0.15, 0.2) is 11.9 Å². The van der Waals surface area contributed by atoms with Crippen molar-refractivity contribution in [2.45, 2.75) is 0 Å². The zero-order valence-electron chi connectivity index (χ0n) is 10.7. The Morgan fingerprint density at radius 3 is 2.33 bits per heavy atom. The van der Waals surface area contributed by atoms with E-state index in [0.29, 0.717) is 12.0 Å². The molecular formula is C10H16N2O5S. The predicted molar refractivity (Wildman–Crippen MR) is 63.0 cm³/mol. The monoisotopic (exact) mass is 276 g/mol. The number of amides is 1. The molecule has 1 aromatic rings. The van der Waals surface area contributed by atoms with E-state index in [4.69, 9.17) is 17.7 Å². The van der Waals surface area contributed by atoms with Crippen molar-refractivity contribution in [2.24, 2.45) is 7.05 Å². The van der Waals surface area contributed by atoms with Gasteiger partial charge in [-0.2, -0.15) is 0 Å². The van der Waals surface area contributed by atoms with Crippen molar-refractivity contribution in [3.63, 3.8) is 0 Å². The first-order valence-electron chi connectivity index (χ1n) is 4.85. The first kappa shape index (κ1) is 16.3. The lowest BCUT2D eigenvalue weighted by molar-refractivity contribution is -0.671. The van der Waals surface area contributed by atoms with Crippen LogP contribution in [0.2, 0.25) is 0 Å². The molecule has 0 saturated carbocycles. The largest absolute Gasteiger partial charge is 0.748 e. The highest BCUT2D eigenvalue weighted by Gasteiger charge is 2.08. The molecule has 1 amide bonds. The van der Waals surface area contributed by atoms with E-state index in [9.17, 15) is 4.79 Å². The number of hydrogen-bond acceptors (Lipinski definition) is 5. The quantitative estimate of drug-likeness (QED) is 0.520. The fraction of sp³-hybridized carbons (Fsp3) is 0.400. The third kappa shape index (κ3) is 9.55. The highest BCUT2D eigenvalue weighted by atomic mass is 32.2. The van der Waals surface area contributed by atoms with E-state index in [1.54, 1.807) is 26.4 Å². The SMILES string of the molecule is CN(C)C(=O)Oc1ccc[n+](C)c1.CS(=O)(=O)[O-]. The molecule has 0 atom stereocenters. The molecule has 0 aliphatic heterocycles. The van der Waals surface area contributed by atoms with Crippen molar-refractivity contribution in [3.8, 4) is 5.75 Å². The number of nitrogens with zero attached hydrogens (tertiary/aromatic N) is 2. The summed E-state index contributed by atoms with van der Waals surface area (Å²) in [5.74, 6) is 0.545. The Morgan fingerprint density at radius 2 is 1.94 bits per heavy atom. The number of carbonyl (C=O) groups is 1. The van der Waals surface area contributed by atoms with Crippen LogP contribution in [-0.4, -0.2) is 44.3 Å². The van der Waals surface area contributed by atoms with Crippen LogP contribution < -0.4 is 9.30 Å². The smallest absolute Gasteiger partial charge is 0.414 e. The summed E-state index contributed by atoms with van der Waals surface area (Å²) >= 11 is 0. The van der Waals surface area contributed by atoms with E-state index in [2.05, 4.69) is 0 Å². The zero-order chi connectivity index (χ0) is 14.3. The second kappa shape index (κ2) is 6.92. The first-order valence-corrected chi connectivity index (χ1v) is 6.66. The van der Waals surface area contributed by atoms with Crippen LogP contribution in [0.25, 0.3) is 0 Å². The Kier molecular flexibility index (Phi) is 6.28. The van der Waals surface area contributed by atoms with Crippen molar-refractivity contribution < 1.29 is 27.1 Å². The summed E-state index contributed by atoms with van der Waals surface area (Å²) in [6.07, 6.45) is 3.84. The molecule has 8 heteroatoms. The average molecular weight is 276 g/mol. The normalized spacial score (nSPS) is 10.1. The Labute approximate surface area is 106 Å². The van der Waals surface area contributed by atoms with Gasteiger partial charge in [-0.25, -0.2) is 17.8 Å².